The van der Waals surface area contributed by atoms with Crippen molar-refractivity contribution in [3.05, 3.63) is 57.8 Å². The Kier molecular flexibility index (Phi) is 4.16. The minimum atomic E-state index is -3.73. The molecule has 0 saturated carbocycles. The number of furan rings is 1. The number of nitro groups is 1. The number of hydrogen-bond acceptors (Lipinski definition) is 7. The lowest BCUT2D eigenvalue weighted by Crippen LogP contribution is -2.05. The molecular formula is C14H13NO7S. The highest BCUT2D eigenvalue weighted by molar-refractivity contribution is 7.90. The summed E-state index contributed by atoms with van der Waals surface area (Å²) in [5, 5.41) is 11.1. The van der Waals surface area contributed by atoms with Gasteiger partial charge in [-0.3, -0.25) is 10.1 Å². The monoisotopic (exact) mass is 339 g/mol. The maximum absolute atomic E-state index is 12.4. The number of benzene rings is 1. The standard InChI is InChI=1S/C14H13NO7S/c16-15(17)13-10(8-12(22-13)14-20-6-7-21-14)9-23(18,19)11-4-2-1-3-5-11/h1-5,8,14H,6-7,9H2. The van der Waals surface area contributed by atoms with Crippen LogP contribution in [0.1, 0.15) is 17.6 Å². The summed E-state index contributed by atoms with van der Waals surface area (Å²) in [5.41, 5.74) is -0.0343. The van der Waals surface area contributed by atoms with E-state index in [1.807, 2.05) is 0 Å². The SMILES string of the molecule is O=[N+]([O-])c1oc(C2OCCO2)cc1CS(=O)(=O)c1ccccc1. The van der Waals surface area contributed by atoms with E-state index in [1.54, 1.807) is 18.2 Å². The first kappa shape index (κ1) is 15.7. The molecule has 1 saturated heterocycles. The van der Waals surface area contributed by atoms with Crippen molar-refractivity contribution in [2.75, 3.05) is 13.2 Å². The van der Waals surface area contributed by atoms with E-state index in [-0.39, 0.29) is 16.2 Å². The minimum absolute atomic E-state index is 0.0343. The number of rotatable bonds is 5. The van der Waals surface area contributed by atoms with Crippen molar-refractivity contribution in [2.24, 2.45) is 0 Å². The fraction of sp³-hybridized carbons (Fsp3) is 0.286. The van der Waals surface area contributed by atoms with Crippen molar-refractivity contribution < 1.29 is 27.2 Å². The van der Waals surface area contributed by atoms with Gasteiger partial charge in [-0.1, -0.05) is 18.2 Å². The van der Waals surface area contributed by atoms with E-state index in [4.69, 9.17) is 13.9 Å². The third-order valence-electron chi connectivity index (χ3n) is 3.27. The summed E-state index contributed by atoms with van der Waals surface area (Å²) in [6.07, 6.45) is -0.845. The molecule has 122 valence electrons. The van der Waals surface area contributed by atoms with Crippen LogP contribution in [0.3, 0.4) is 0 Å². The zero-order chi connectivity index (χ0) is 16.4. The topological polar surface area (TPSA) is 109 Å². The maximum Gasteiger partial charge on any atom is 0.437 e. The van der Waals surface area contributed by atoms with Gasteiger partial charge in [0.1, 0.15) is 4.92 Å². The Morgan fingerprint density at radius 3 is 2.43 bits per heavy atom. The second-order valence-corrected chi connectivity index (χ2v) is 6.87. The van der Waals surface area contributed by atoms with Gasteiger partial charge in [0, 0.05) is 0 Å². The number of ether oxygens (including phenoxy) is 2. The molecule has 1 fully saturated rings. The lowest BCUT2D eigenvalue weighted by atomic mass is 10.3. The summed E-state index contributed by atoms with van der Waals surface area (Å²) in [6.45, 7) is 0.688. The fourth-order valence-corrected chi connectivity index (χ4v) is 3.61. The second kappa shape index (κ2) is 6.11. The molecule has 8 nitrogen and oxygen atoms in total. The zero-order valence-electron chi connectivity index (χ0n) is 11.9. The predicted octanol–water partition coefficient (Wildman–Crippen LogP) is 2.21. The zero-order valence-corrected chi connectivity index (χ0v) is 12.7. The van der Waals surface area contributed by atoms with Crippen LogP contribution in [0.2, 0.25) is 0 Å². The predicted molar refractivity (Wildman–Crippen MR) is 77.3 cm³/mol. The molecule has 2 heterocycles. The van der Waals surface area contributed by atoms with Crippen LogP contribution < -0.4 is 0 Å². The summed E-state index contributed by atoms with van der Waals surface area (Å²) in [7, 11) is -3.73. The lowest BCUT2D eigenvalue weighted by molar-refractivity contribution is -0.403. The van der Waals surface area contributed by atoms with E-state index in [0.717, 1.165) is 0 Å². The molecule has 23 heavy (non-hydrogen) atoms. The van der Waals surface area contributed by atoms with E-state index in [0.29, 0.717) is 13.2 Å². The fourth-order valence-electron chi connectivity index (χ4n) is 2.25. The largest absolute Gasteiger partial charge is 0.437 e. The molecule has 1 aromatic heterocycles. The van der Waals surface area contributed by atoms with Gasteiger partial charge in [-0.15, -0.1) is 0 Å². The summed E-state index contributed by atoms with van der Waals surface area (Å²) >= 11 is 0. The van der Waals surface area contributed by atoms with Crippen molar-refractivity contribution in [3.63, 3.8) is 0 Å². The molecule has 0 unspecified atom stereocenters. The van der Waals surface area contributed by atoms with E-state index in [1.165, 1.54) is 18.2 Å². The smallest absolute Gasteiger partial charge is 0.400 e. The number of nitrogens with zero attached hydrogens (tertiary/aromatic N) is 1. The van der Waals surface area contributed by atoms with Gasteiger partial charge in [-0.05, 0) is 18.2 Å². The van der Waals surface area contributed by atoms with Crippen LogP contribution in [0, 0.1) is 10.1 Å². The lowest BCUT2D eigenvalue weighted by Gasteiger charge is -2.03. The van der Waals surface area contributed by atoms with E-state index < -0.39 is 32.7 Å². The summed E-state index contributed by atoms with van der Waals surface area (Å²) in [4.78, 5) is 10.4. The molecule has 1 aliphatic rings. The van der Waals surface area contributed by atoms with Crippen LogP contribution in [-0.2, 0) is 25.1 Å². The molecule has 0 atom stereocenters. The van der Waals surface area contributed by atoms with E-state index >= 15 is 0 Å². The van der Waals surface area contributed by atoms with Crippen molar-refractivity contribution in [1.29, 1.82) is 0 Å². The Labute approximate surface area is 131 Å². The van der Waals surface area contributed by atoms with E-state index in [9.17, 15) is 18.5 Å². The Hall–Kier alpha value is -2.23. The first-order valence-corrected chi connectivity index (χ1v) is 8.40. The van der Waals surface area contributed by atoms with Gasteiger partial charge in [0.05, 0.1) is 29.4 Å². The molecule has 9 heteroatoms. The van der Waals surface area contributed by atoms with Crippen LogP contribution in [0.5, 0.6) is 0 Å². The minimum Gasteiger partial charge on any atom is -0.400 e. The van der Waals surface area contributed by atoms with Crippen molar-refractivity contribution in [2.45, 2.75) is 16.9 Å². The molecule has 0 spiro atoms. The molecule has 1 aliphatic heterocycles. The molecule has 0 aliphatic carbocycles. The quantitative estimate of drug-likeness (QED) is 0.607. The van der Waals surface area contributed by atoms with Gasteiger partial charge >= 0.3 is 5.88 Å². The van der Waals surface area contributed by atoms with Crippen molar-refractivity contribution in [1.82, 2.24) is 0 Å². The summed E-state index contributed by atoms with van der Waals surface area (Å²) in [5.74, 6) is -1.06. The van der Waals surface area contributed by atoms with Crippen LogP contribution in [0.15, 0.2) is 45.7 Å². The van der Waals surface area contributed by atoms with Crippen LogP contribution >= 0.6 is 0 Å². The van der Waals surface area contributed by atoms with Crippen LogP contribution in [-0.4, -0.2) is 26.6 Å². The highest BCUT2D eigenvalue weighted by Crippen LogP contribution is 2.33. The number of sulfone groups is 1. The Morgan fingerprint density at radius 2 is 1.83 bits per heavy atom. The molecule has 0 amide bonds. The maximum atomic E-state index is 12.4. The molecular weight excluding hydrogens is 326 g/mol. The first-order chi connectivity index (χ1) is 11.0. The molecule has 1 aromatic carbocycles. The van der Waals surface area contributed by atoms with Crippen molar-refractivity contribution >= 4 is 15.7 Å². The third-order valence-corrected chi connectivity index (χ3v) is 4.95. The Bertz CT molecular complexity index is 807. The summed E-state index contributed by atoms with van der Waals surface area (Å²) in [6, 6.07) is 9.03. The first-order valence-electron chi connectivity index (χ1n) is 6.75. The van der Waals surface area contributed by atoms with Gasteiger partial charge in [0.15, 0.2) is 15.6 Å². The molecule has 0 bridgehead atoms. The van der Waals surface area contributed by atoms with Gasteiger partial charge < -0.3 is 13.9 Å². The van der Waals surface area contributed by atoms with Gasteiger partial charge in [0.25, 0.3) is 0 Å². The van der Waals surface area contributed by atoms with Crippen LogP contribution in [0.4, 0.5) is 5.88 Å². The average molecular weight is 339 g/mol. The Balaban J connectivity index is 1.94. The average Bonchev–Trinajstić information content (AvgIpc) is 3.16. The second-order valence-electron chi connectivity index (χ2n) is 4.88. The third kappa shape index (κ3) is 3.26. The highest BCUT2D eigenvalue weighted by Gasteiger charge is 2.31. The molecule has 0 N–H and O–H groups in total. The van der Waals surface area contributed by atoms with Crippen molar-refractivity contribution in [3.8, 4) is 0 Å². The molecule has 0 radical (unpaired) electrons. The highest BCUT2D eigenvalue weighted by atomic mass is 32.2. The number of hydrogen-bond donors (Lipinski definition) is 0. The van der Waals surface area contributed by atoms with E-state index in [2.05, 4.69) is 0 Å². The molecule has 2 aromatic rings. The van der Waals surface area contributed by atoms with Gasteiger partial charge in [-0.2, -0.15) is 0 Å². The van der Waals surface area contributed by atoms with Gasteiger partial charge in [-0.25, -0.2) is 8.42 Å². The Morgan fingerprint density at radius 1 is 1.17 bits per heavy atom. The normalized spacial score (nSPS) is 15.8. The summed E-state index contributed by atoms with van der Waals surface area (Å²) < 4.78 is 40.3. The van der Waals surface area contributed by atoms with Crippen LogP contribution in [0.25, 0.3) is 0 Å². The molecule has 3 rings (SSSR count). The van der Waals surface area contributed by atoms with Gasteiger partial charge in [0.2, 0.25) is 6.29 Å².